The zero-order valence-corrected chi connectivity index (χ0v) is 17.9. The van der Waals surface area contributed by atoms with Crippen molar-refractivity contribution in [1.29, 1.82) is 0 Å². The summed E-state index contributed by atoms with van der Waals surface area (Å²) in [6.45, 7) is 4.26. The number of aryl methyl sites for hydroxylation is 2. The highest BCUT2D eigenvalue weighted by atomic mass is 32.1. The van der Waals surface area contributed by atoms with Crippen LogP contribution in [0.15, 0.2) is 53.9 Å². The molecular formula is C23H23N3O3S. The van der Waals surface area contributed by atoms with E-state index in [1.165, 1.54) is 6.08 Å². The molecule has 0 aliphatic heterocycles. The number of thiazole rings is 1. The highest BCUT2D eigenvalue weighted by Gasteiger charge is 2.08. The van der Waals surface area contributed by atoms with E-state index in [0.29, 0.717) is 17.9 Å². The number of amides is 2. The summed E-state index contributed by atoms with van der Waals surface area (Å²) in [5.74, 6) is 0.267. The molecule has 0 unspecified atom stereocenters. The number of anilines is 1. The van der Waals surface area contributed by atoms with Gasteiger partial charge in [-0.05, 0) is 55.3 Å². The number of hydrogen-bond donors (Lipinski definition) is 2. The number of ether oxygens (including phenoxy) is 1. The molecule has 0 radical (unpaired) electrons. The fourth-order valence-electron chi connectivity index (χ4n) is 2.70. The van der Waals surface area contributed by atoms with Crippen LogP contribution in [0.1, 0.15) is 32.2 Å². The predicted molar refractivity (Wildman–Crippen MR) is 120 cm³/mol. The molecule has 3 rings (SSSR count). The van der Waals surface area contributed by atoms with Gasteiger partial charge in [-0.25, -0.2) is 4.98 Å². The normalized spacial score (nSPS) is 10.8. The first-order chi connectivity index (χ1) is 14.4. The summed E-state index contributed by atoms with van der Waals surface area (Å²) >= 11 is 1.60. The predicted octanol–water partition coefficient (Wildman–Crippen LogP) is 4.35. The van der Waals surface area contributed by atoms with Crippen LogP contribution in [-0.4, -0.2) is 23.8 Å². The molecule has 3 aromatic rings. The molecule has 0 spiro atoms. The Kier molecular flexibility index (Phi) is 6.98. The molecular weight excluding hydrogens is 398 g/mol. The van der Waals surface area contributed by atoms with Crippen molar-refractivity contribution in [3.8, 4) is 5.75 Å². The molecule has 1 aromatic heterocycles. The van der Waals surface area contributed by atoms with E-state index in [-0.39, 0.29) is 11.8 Å². The second-order valence-electron chi connectivity index (χ2n) is 6.65. The van der Waals surface area contributed by atoms with Crippen LogP contribution < -0.4 is 15.4 Å². The molecule has 2 amide bonds. The van der Waals surface area contributed by atoms with Gasteiger partial charge in [-0.1, -0.05) is 18.2 Å². The topological polar surface area (TPSA) is 80.3 Å². The lowest BCUT2D eigenvalue weighted by atomic mass is 10.1. The number of carbonyl (C=O) groups excluding carboxylic acids is 2. The van der Waals surface area contributed by atoms with Crippen LogP contribution in [0, 0.1) is 13.8 Å². The lowest BCUT2D eigenvalue weighted by Gasteiger charge is -2.09. The summed E-state index contributed by atoms with van der Waals surface area (Å²) in [5.41, 5.74) is 3.76. The maximum Gasteiger partial charge on any atom is 0.251 e. The molecule has 0 aliphatic carbocycles. The van der Waals surface area contributed by atoms with Crippen molar-refractivity contribution in [3.63, 3.8) is 0 Å². The van der Waals surface area contributed by atoms with E-state index in [4.69, 9.17) is 4.74 Å². The molecule has 0 fully saturated rings. The molecule has 0 atom stereocenters. The largest absolute Gasteiger partial charge is 0.487 e. The summed E-state index contributed by atoms with van der Waals surface area (Å²) < 4.78 is 5.73. The van der Waals surface area contributed by atoms with Gasteiger partial charge in [0.2, 0.25) is 5.91 Å². The van der Waals surface area contributed by atoms with Crippen molar-refractivity contribution in [3.05, 3.63) is 81.3 Å². The fraction of sp³-hybridized carbons (Fsp3) is 0.174. The van der Waals surface area contributed by atoms with Crippen molar-refractivity contribution < 1.29 is 14.3 Å². The Bertz CT molecular complexity index is 1070. The van der Waals surface area contributed by atoms with Crippen molar-refractivity contribution >= 4 is 34.9 Å². The van der Waals surface area contributed by atoms with Gasteiger partial charge in [-0.2, -0.15) is 0 Å². The van der Waals surface area contributed by atoms with Gasteiger partial charge in [0, 0.05) is 29.8 Å². The standard InChI is InChI=1S/C23H23N3O3S/c1-15-4-8-18(23(28)24-3)12-21(15)26-22(27)11-7-17-5-9-20(10-6-17)29-13-19-14-30-16(2)25-19/h4-12,14H,13H2,1-3H3,(H,24,28)(H,26,27)/b11-7+. The lowest BCUT2D eigenvalue weighted by molar-refractivity contribution is -0.111. The van der Waals surface area contributed by atoms with E-state index in [0.717, 1.165) is 27.6 Å². The molecule has 0 bridgehead atoms. The Morgan fingerprint density at radius 1 is 1.13 bits per heavy atom. The zero-order valence-electron chi connectivity index (χ0n) is 17.1. The highest BCUT2D eigenvalue weighted by Crippen LogP contribution is 2.18. The van der Waals surface area contributed by atoms with Gasteiger partial charge in [0.1, 0.15) is 12.4 Å². The van der Waals surface area contributed by atoms with Crippen LogP contribution >= 0.6 is 11.3 Å². The quantitative estimate of drug-likeness (QED) is 0.556. The number of benzene rings is 2. The summed E-state index contributed by atoms with van der Waals surface area (Å²) in [4.78, 5) is 28.4. The van der Waals surface area contributed by atoms with E-state index in [2.05, 4.69) is 15.6 Å². The Labute approximate surface area is 179 Å². The van der Waals surface area contributed by atoms with Crippen molar-refractivity contribution in [2.24, 2.45) is 0 Å². The van der Waals surface area contributed by atoms with Crippen molar-refractivity contribution in [1.82, 2.24) is 10.3 Å². The number of hydrogen-bond acceptors (Lipinski definition) is 5. The second kappa shape index (κ2) is 9.84. The molecule has 1 heterocycles. The van der Waals surface area contributed by atoms with Crippen LogP contribution in [0.25, 0.3) is 6.08 Å². The molecule has 6 nitrogen and oxygen atoms in total. The molecule has 2 aromatic carbocycles. The summed E-state index contributed by atoms with van der Waals surface area (Å²) in [6, 6.07) is 12.7. The van der Waals surface area contributed by atoms with E-state index >= 15 is 0 Å². The monoisotopic (exact) mass is 421 g/mol. The molecule has 2 N–H and O–H groups in total. The first-order valence-corrected chi connectivity index (χ1v) is 10.3. The fourth-order valence-corrected chi connectivity index (χ4v) is 3.29. The average Bonchev–Trinajstić information content (AvgIpc) is 3.17. The third-order valence-electron chi connectivity index (χ3n) is 4.35. The SMILES string of the molecule is CNC(=O)c1ccc(C)c(NC(=O)/C=C/c2ccc(OCc3csc(C)n3)cc2)c1. The minimum atomic E-state index is -0.272. The lowest BCUT2D eigenvalue weighted by Crippen LogP contribution is -2.18. The molecule has 154 valence electrons. The Morgan fingerprint density at radius 2 is 1.90 bits per heavy atom. The van der Waals surface area contributed by atoms with Crippen LogP contribution in [0.2, 0.25) is 0 Å². The van der Waals surface area contributed by atoms with Crippen molar-refractivity contribution in [2.75, 3.05) is 12.4 Å². The van der Waals surface area contributed by atoms with Gasteiger partial charge in [0.25, 0.3) is 5.91 Å². The van der Waals surface area contributed by atoms with Gasteiger partial charge in [0.05, 0.1) is 10.7 Å². The van der Waals surface area contributed by atoms with Crippen LogP contribution in [0.4, 0.5) is 5.69 Å². The summed E-state index contributed by atoms with van der Waals surface area (Å²) in [5, 5.41) is 8.39. The van der Waals surface area contributed by atoms with Gasteiger partial charge in [0.15, 0.2) is 0 Å². The van der Waals surface area contributed by atoms with Gasteiger partial charge >= 0.3 is 0 Å². The molecule has 0 saturated carbocycles. The second-order valence-corrected chi connectivity index (χ2v) is 7.71. The average molecular weight is 422 g/mol. The minimum Gasteiger partial charge on any atom is -0.487 e. The number of aromatic nitrogens is 1. The maximum absolute atomic E-state index is 12.3. The third kappa shape index (κ3) is 5.78. The molecule has 0 aliphatic rings. The van der Waals surface area contributed by atoms with E-state index in [1.54, 1.807) is 42.7 Å². The highest BCUT2D eigenvalue weighted by molar-refractivity contribution is 7.09. The van der Waals surface area contributed by atoms with E-state index in [1.807, 2.05) is 43.5 Å². The third-order valence-corrected chi connectivity index (χ3v) is 5.17. The number of nitrogens with one attached hydrogen (secondary N) is 2. The van der Waals surface area contributed by atoms with Gasteiger partial charge < -0.3 is 15.4 Å². The van der Waals surface area contributed by atoms with Crippen LogP contribution in [-0.2, 0) is 11.4 Å². The summed E-state index contributed by atoms with van der Waals surface area (Å²) in [7, 11) is 1.57. The number of nitrogens with zero attached hydrogens (tertiary/aromatic N) is 1. The number of carbonyl (C=O) groups is 2. The molecule has 30 heavy (non-hydrogen) atoms. The molecule has 0 saturated heterocycles. The molecule has 7 heteroatoms. The van der Waals surface area contributed by atoms with E-state index < -0.39 is 0 Å². The first-order valence-electron chi connectivity index (χ1n) is 9.40. The van der Waals surface area contributed by atoms with Gasteiger partial charge in [-0.15, -0.1) is 11.3 Å². The summed E-state index contributed by atoms with van der Waals surface area (Å²) in [6.07, 6.45) is 3.18. The number of rotatable bonds is 7. The van der Waals surface area contributed by atoms with Crippen LogP contribution in [0.3, 0.4) is 0 Å². The van der Waals surface area contributed by atoms with Crippen LogP contribution in [0.5, 0.6) is 5.75 Å². The maximum atomic E-state index is 12.3. The zero-order chi connectivity index (χ0) is 21.5. The minimum absolute atomic E-state index is 0.201. The smallest absolute Gasteiger partial charge is 0.251 e. The Balaban J connectivity index is 1.57. The van der Waals surface area contributed by atoms with E-state index in [9.17, 15) is 9.59 Å². The van der Waals surface area contributed by atoms with Gasteiger partial charge in [-0.3, -0.25) is 9.59 Å². The first kappa shape index (κ1) is 21.3. The van der Waals surface area contributed by atoms with Crippen molar-refractivity contribution in [2.45, 2.75) is 20.5 Å². The Morgan fingerprint density at radius 3 is 2.57 bits per heavy atom. The Hall–Kier alpha value is -3.45.